The molecule has 1 aliphatic heterocycles. The van der Waals surface area contributed by atoms with Crippen molar-refractivity contribution in [3.63, 3.8) is 0 Å². The monoisotopic (exact) mass is 581 g/mol. The average Bonchev–Trinajstić information content (AvgIpc) is 3.69. The summed E-state index contributed by atoms with van der Waals surface area (Å²) >= 11 is 0.820. The first-order chi connectivity index (χ1) is 20.4. The highest BCUT2D eigenvalue weighted by Gasteiger charge is 2.25. The number of hydrogen-bond acceptors (Lipinski definition) is 8. The van der Waals surface area contributed by atoms with E-state index in [4.69, 9.17) is 0 Å². The zero-order valence-electron chi connectivity index (χ0n) is 21.3. The zero-order valence-corrected chi connectivity index (χ0v) is 22.1. The summed E-state index contributed by atoms with van der Waals surface area (Å²) in [6.45, 7) is 0. The van der Waals surface area contributed by atoms with Crippen molar-refractivity contribution >= 4 is 46.6 Å². The Labute approximate surface area is 239 Å². The van der Waals surface area contributed by atoms with Gasteiger partial charge in [0.15, 0.2) is 17.6 Å². The number of thioether (sulfide) groups is 1. The molecule has 4 aromatic heterocycles. The molecule has 0 spiro atoms. The van der Waals surface area contributed by atoms with Gasteiger partial charge < -0.3 is 0 Å². The molecule has 5 heterocycles. The molecule has 10 nitrogen and oxygen atoms in total. The number of rotatable bonds is 4. The predicted molar refractivity (Wildman–Crippen MR) is 151 cm³/mol. The second-order valence-electron chi connectivity index (χ2n) is 8.79. The van der Waals surface area contributed by atoms with Crippen molar-refractivity contribution in [2.24, 2.45) is 0 Å². The van der Waals surface area contributed by atoms with Gasteiger partial charge >= 0.3 is 0 Å². The quantitative estimate of drug-likeness (QED) is 0.222. The van der Waals surface area contributed by atoms with Gasteiger partial charge in [-0.05, 0) is 54.2 Å². The van der Waals surface area contributed by atoms with Crippen LogP contribution in [0.15, 0.2) is 90.4 Å². The number of nitrogens with one attached hydrogen (secondary N) is 1. The van der Waals surface area contributed by atoms with Crippen LogP contribution in [0.4, 0.5) is 13.6 Å². The van der Waals surface area contributed by atoms with Gasteiger partial charge in [-0.15, -0.1) is 0 Å². The van der Waals surface area contributed by atoms with Crippen molar-refractivity contribution in [2.45, 2.75) is 0 Å². The Bertz CT molecular complexity index is 2050. The number of aldehydes is 1. The van der Waals surface area contributed by atoms with Crippen molar-refractivity contribution in [3.05, 3.63) is 113 Å². The van der Waals surface area contributed by atoms with Gasteiger partial charge in [-0.3, -0.25) is 19.7 Å². The van der Waals surface area contributed by atoms with E-state index in [1.807, 2.05) is 0 Å². The Morgan fingerprint density at radius 3 is 1.76 bits per heavy atom. The SMILES string of the molecule is O=C1NC(=O)/C(=C/c2cnn3ccc(-c4ccccc4F)nc23)S1.O=Cc1cnn2ccc(-c3ccccc3F)nc12. The molecule has 2 aromatic carbocycles. The molecule has 0 atom stereocenters. The Morgan fingerprint density at radius 2 is 1.26 bits per heavy atom. The molecule has 206 valence electrons. The minimum Gasteiger partial charge on any atom is -0.298 e. The fourth-order valence-corrected chi connectivity index (χ4v) is 4.83. The minimum atomic E-state index is -0.449. The van der Waals surface area contributed by atoms with Crippen molar-refractivity contribution in [1.82, 2.24) is 34.5 Å². The van der Waals surface area contributed by atoms with E-state index < -0.39 is 11.1 Å². The first kappa shape index (κ1) is 26.7. The van der Waals surface area contributed by atoms with Gasteiger partial charge in [-0.1, -0.05) is 24.3 Å². The van der Waals surface area contributed by atoms with Crippen LogP contribution in [0.3, 0.4) is 0 Å². The molecule has 1 aliphatic rings. The van der Waals surface area contributed by atoms with Gasteiger partial charge in [0.1, 0.15) is 11.6 Å². The highest BCUT2D eigenvalue weighted by molar-refractivity contribution is 8.18. The summed E-state index contributed by atoms with van der Waals surface area (Å²) in [5.41, 5.74) is 3.56. The second kappa shape index (κ2) is 11.1. The number of aromatic nitrogens is 6. The molecule has 0 aliphatic carbocycles. The molecule has 7 rings (SSSR count). The van der Waals surface area contributed by atoms with Crippen LogP contribution in [0.2, 0.25) is 0 Å². The number of carbonyl (C=O) groups excluding carboxylic acids is 3. The summed E-state index contributed by atoms with van der Waals surface area (Å²) in [5, 5.41) is 9.91. The highest BCUT2D eigenvalue weighted by atomic mass is 32.2. The van der Waals surface area contributed by atoms with Gasteiger partial charge in [0.2, 0.25) is 0 Å². The van der Waals surface area contributed by atoms with E-state index in [2.05, 4.69) is 25.5 Å². The van der Waals surface area contributed by atoms with Gasteiger partial charge in [-0.25, -0.2) is 27.8 Å². The highest BCUT2D eigenvalue weighted by Crippen LogP contribution is 2.28. The molecule has 0 saturated carbocycles. The third-order valence-electron chi connectivity index (χ3n) is 6.15. The Hall–Kier alpha value is -5.56. The predicted octanol–water partition coefficient (Wildman–Crippen LogP) is 5.21. The first-order valence-electron chi connectivity index (χ1n) is 12.3. The summed E-state index contributed by atoms with van der Waals surface area (Å²) in [6.07, 6.45) is 8.51. The minimum absolute atomic E-state index is 0.271. The molecule has 42 heavy (non-hydrogen) atoms. The van der Waals surface area contributed by atoms with Crippen LogP contribution in [0.5, 0.6) is 0 Å². The molecule has 0 unspecified atom stereocenters. The van der Waals surface area contributed by atoms with Crippen LogP contribution in [0.25, 0.3) is 39.9 Å². The van der Waals surface area contributed by atoms with Crippen molar-refractivity contribution < 1.29 is 23.2 Å². The molecule has 6 aromatic rings. The third kappa shape index (κ3) is 5.15. The van der Waals surface area contributed by atoms with Crippen LogP contribution in [0, 0.1) is 11.6 Å². The third-order valence-corrected chi connectivity index (χ3v) is 6.96. The van der Waals surface area contributed by atoms with Crippen LogP contribution in [-0.2, 0) is 4.79 Å². The molecule has 1 fully saturated rings. The lowest BCUT2D eigenvalue weighted by atomic mass is 10.1. The average molecular weight is 582 g/mol. The number of imide groups is 1. The maximum Gasteiger partial charge on any atom is 0.290 e. The van der Waals surface area contributed by atoms with Crippen LogP contribution < -0.4 is 5.32 Å². The topological polar surface area (TPSA) is 124 Å². The first-order valence-corrected chi connectivity index (χ1v) is 13.1. The number of hydrogen-bond donors (Lipinski definition) is 1. The lowest BCUT2D eigenvalue weighted by Gasteiger charge is -2.03. The standard InChI is InChI=1S/C16H9FN4O2S.C13H8FN3O/c17-11-4-2-1-3-10(11)12-5-6-21-14(19-12)9(8-18-21)7-13-15(22)20-16(23)24-13;14-11-4-2-1-3-10(11)12-5-6-17-13(16-12)9(8-18)7-15-17/h1-8H,(H,20,22,23);1-8H/b13-7-;. The van der Waals surface area contributed by atoms with E-state index in [0.717, 1.165) is 11.8 Å². The molecule has 0 bridgehead atoms. The maximum absolute atomic E-state index is 14.0. The molecular weight excluding hydrogens is 564 g/mol. The number of carbonyl (C=O) groups is 3. The van der Waals surface area contributed by atoms with Gasteiger partial charge in [-0.2, -0.15) is 10.2 Å². The van der Waals surface area contributed by atoms with Gasteiger partial charge in [0, 0.05) is 29.1 Å². The molecule has 0 radical (unpaired) electrons. The molecule has 1 N–H and O–H groups in total. The lowest BCUT2D eigenvalue weighted by molar-refractivity contribution is -0.115. The zero-order chi connectivity index (χ0) is 29.2. The van der Waals surface area contributed by atoms with Gasteiger partial charge in [0.25, 0.3) is 11.1 Å². The van der Waals surface area contributed by atoms with Crippen LogP contribution >= 0.6 is 11.8 Å². The number of halogens is 2. The number of nitrogens with zero attached hydrogens (tertiary/aromatic N) is 6. The summed E-state index contributed by atoms with van der Waals surface area (Å²) in [7, 11) is 0. The van der Waals surface area contributed by atoms with Crippen LogP contribution in [0.1, 0.15) is 15.9 Å². The van der Waals surface area contributed by atoms with Crippen molar-refractivity contribution in [1.29, 1.82) is 0 Å². The van der Waals surface area contributed by atoms with Crippen LogP contribution in [-0.4, -0.2) is 46.6 Å². The normalized spacial score (nSPS) is 13.8. The van der Waals surface area contributed by atoms with E-state index in [0.29, 0.717) is 51.2 Å². The smallest absolute Gasteiger partial charge is 0.290 e. The number of benzene rings is 2. The molecular formula is C29H17F2N7O3S. The Kier molecular flexibility index (Phi) is 7.07. The maximum atomic E-state index is 14.0. The largest absolute Gasteiger partial charge is 0.298 e. The van der Waals surface area contributed by atoms with Crippen molar-refractivity contribution in [3.8, 4) is 22.5 Å². The van der Waals surface area contributed by atoms with E-state index in [1.54, 1.807) is 67.0 Å². The molecule has 13 heteroatoms. The summed E-state index contributed by atoms with van der Waals surface area (Å²) in [4.78, 5) is 42.7. The number of fused-ring (bicyclic) bond motifs is 2. The fourth-order valence-electron chi connectivity index (χ4n) is 4.16. The summed E-state index contributed by atoms with van der Waals surface area (Å²) in [5.74, 6) is -1.17. The molecule has 1 saturated heterocycles. The second-order valence-corrected chi connectivity index (χ2v) is 9.81. The fraction of sp³-hybridized carbons (Fsp3) is 0. The number of amides is 2. The van der Waals surface area contributed by atoms with Crippen molar-refractivity contribution in [2.75, 3.05) is 0 Å². The Balaban J connectivity index is 0.000000157. The molecule has 2 amide bonds. The van der Waals surface area contributed by atoms with E-state index in [-0.39, 0.29) is 16.5 Å². The summed E-state index contributed by atoms with van der Waals surface area (Å²) in [6, 6.07) is 16.0. The van der Waals surface area contributed by atoms with Gasteiger partial charge in [0.05, 0.1) is 34.3 Å². The van der Waals surface area contributed by atoms with E-state index in [1.165, 1.54) is 33.6 Å². The van der Waals surface area contributed by atoms with E-state index >= 15 is 0 Å². The lowest BCUT2D eigenvalue weighted by Crippen LogP contribution is -2.17. The summed E-state index contributed by atoms with van der Waals surface area (Å²) < 4.78 is 30.6. The van der Waals surface area contributed by atoms with E-state index in [9.17, 15) is 23.2 Å². The Morgan fingerprint density at radius 1 is 0.738 bits per heavy atom.